The molecule has 1 heteroatoms. The SMILES string of the molecule is CCC12[B]C(C(C)C)(CCCC1)CCC2. The Morgan fingerprint density at radius 2 is 1.60 bits per heavy atom. The van der Waals surface area contributed by atoms with E-state index >= 15 is 0 Å². The molecular weight excluding hydrogens is 179 g/mol. The molecular formula is C14H26B. The van der Waals surface area contributed by atoms with Gasteiger partial charge in [-0.05, 0) is 5.92 Å². The van der Waals surface area contributed by atoms with Crippen LogP contribution in [-0.2, 0) is 0 Å². The van der Waals surface area contributed by atoms with Crippen molar-refractivity contribution < 1.29 is 0 Å². The van der Waals surface area contributed by atoms with E-state index in [2.05, 4.69) is 28.1 Å². The van der Waals surface area contributed by atoms with Gasteiger partial charge in [0, 0.05) is 0 Å². The molecule has 2 bridgehead atoms. The zero-order valence-corrected chi connectivity index (χ0v) is 10.8. The van der Waals surface area contributed by atoms with Gasteiger partial charge in [-0.15, -0.1) is 0 Å². The third-order valence-electron chi connectivity index (χ3n) is 5.33. The zero-order chi connectivity index (χ0) is 10.9. The lowest BCUT2D eigenvalue weighted by Gasteiger charge is -2.48. The second kappa shape index (κ2) is 4.15. The summed E-state index contributed by atoms with van der Waals surface area (Å²) in [5.41, 5.74) is 0. The molecule has 2 atom stereocenters. The van der Waals surface area contributed by atoms with Gasteiger partial charge in [-0.2, -0.15) is 0 Å². The van der Waals surface area contributed by atoms with Gasteiger partial charge in [0.15, 0.2) is 0 Å². The van der Waals surface area contributed by atoms with Crippen LogP contribution < -0.4 is 0 Å². The van der Waals surface area contributed by atoms with Crippen LogP contribution in [0.1, 0.15) is 72.1 Å². The summed E-state index contributed by atoms with van der Waals surface area (Å²) in [5.74, 6) is 0.849. The molecule has 0 aromatic carbocycles. The first-order valence-corrected chi connectivity index (χ1v) is 7.00. The summed E-state index contributed by atoms with van der Waals surface area (Å²) >= 11 is 0. The van der Waals surface area contributed by atoms with E-state index in [4.69, 9.17) is 0 Å². The Morgan fingerprint density at radius 3 is 2.27 bits per heavy atom. The highest BCUT2D eigenvalue weighted by molar-refractivity contribution is 6.45. The van der Waals surface area contributed by atoms with Crippen LogP contribution in [0.25, 0.3) is 0 Å². The van der Waals surface area contributed by atoms with E-state index in [-0.39, 0.29) is 0 Å². The molecule has 2 heterocycles. The van der Waals surface area contributed by atoms with Gasteiger partial charge < -0.3 is 0 Å². The Bertz CT molecular complexity index is 223. The van der Waals surface area contributed by atoms with Crippen LogP contribution in [0.4, 0.5) is 0 Å². The maximum absolute atomic E-state index is 2.82. The maximum atomic E-state index is 2.82. The van der Waals surface area contributed by atoms with E-state index in [0.29, 0.717) is 10.6 Å². The Morgan fingerprint density at radius 1 is 1.00 bits per heavy atom. The van der Waals surface area contributed by atoms with Crippen molar-refractivity contribution >= 4 is 7.28 Å². The first kappa shape index (κ1) is 11.5. The summed E-state index contributed by atoms with van der Waals surface area (Å²) in [4.78, 5) is 0. The molecule has 0 aromatic rings. The average molecular weight is 205 g/mol. The number of hydrogen-bond donors (Lipinski definition) is 0. The number of fused-ring (bicyclic) bond motifs is 2. The van der Waals surface area contributed by atoms with Crippen LogP contribution in [-0.4, -0.2) is 7.28 Å². The van der Waals surface area contributed by atoms with Crippen molar-refractivity contribution in [1.29, 1.82) is 0 Å². The minimum absolute atomic E-state index is 0.602. The molecule has 1 radical (unpaired) electrons. The summed E-state index contributed by atoms with van der Waals surface area (Å²) in [6.45, 7) is 7.28. The highest BCUT2D eigenvalue weighted by Crippen LogP contribution is 2.60. The van der Waals surface area contributed by atoms with Crippen LogP contribution in [0.15, 0.2) is 0 Å². The van der Waals surface area contributed by atoms with E-state index < -0.39 is 0 Å². The lowest BCUT2D eigenvalue weighted by Crippen LogP contribution is -2.37. The van der Waals surface area contributed by atoms with Crippen LogP contribution >= 0.6 is 0 Å². The molecule has 2 saturated heterocycles. The van der Waals surface area contributed by atoms with Gasteiger partial charge in [0.1, 0.15) is 7.28 Å². The molecule has 0 N–H and O–H groups in total. The maximum Gasteiger partial charge on any atom is 0.126 e. The first-order valence-electron chi connectivity index (χ1n) is 7.00. The van der Waals surface area contributed by atoms with Crippen molar-refractivity contribution in [2.24, 2.45) is 5.92 Å². The van der Waals surface area contributed by atoms with Gasteiger partial charge in [-0.1, -0.05) is 82.8 Å². The summed E-state index contributed by atoms with van der Waals surface area (Å²) in [5, 5.41) is 1.23. The lowest BCUT2D eigenvalue weighted by atomic mass is 9.30. The molecule has 2 aliphatic rings. The minimum atomic E-state index is 0.602. The molecule has 0 amide bonds. The zero-order valence-electron chi connectivity index (χ0n) is 10.8. The predicted octanol–water partition coefficient (Wildman–Crippen LogP) is 4.83. The van der Waals surface area contributed by atoms with E-state index in [0.717, 1.165) is 5.92 Å². The van der Waals surface area contributed by atoms with Gasteiger partial charge in [0.2, 0.25) is 0 Å². The lowest BCUT2D eigenvalue weighted by molar-refractivity contribution is 0.302. The third kappa shape index (κ3) is 1.99. The van der Waals surface area contributed by atoms with E-state index in [9.17, 15) is 0 Å². The van der Waals surface area contributed by atoms with Crippen molar-refractivity contribution in [2.45, 2.75) is 82.8 Å². The molecule has 0 spiro atoms. The van der Waals surface area contributed by atoms with Crippen LogP contribution in [0.3, 0.4) is 0 Å². The van der Waals surface area contributed by atoms with Gasteiger partial charge in [0.25, 0.3) is 0 Å². The van der Waals surface area contributed by atoms with Crippen LogP contribution in [0.5, 0.6) is 0 Å². The smallest absolute Gasteiger partial charge is 0.0655 e. The fourth-order valence-electron chi connectivity index (χ4n) is 4.05. The van der Waals surface area contributed by atoms with E-state index in [1.807, 2.05) is 0 Å². The van der Waals surface area contributed by atoms with Crippen molar-refractivity contribution in [3.8, 4) is 0 Å². The topological polar surface area (TPSA) is 0 Å². The molecule has 0 saturated carbocycles. The second-order valence-corrected chi connectivity index (χ2v) is 6.31. The van der Waals surface area contributed by atoms with Crippen molar-refractivity contribution in [1.82, 2.24) is 0 Å². The van der Waals surface area contributed by atoms with Crippen molar-refractivity contribution in [3.05, 3.63) is 0 Å². The van der Waals surface area contributed by atoms with Gasteiger partial charge in [-0.3, -0.25) is 0 Å². The molecule has 2 aliphatic heterocycles. The van der Waals surface area contributed by atoms with Gasteiger partial charge in [0.05, 0.1) is 0 Å². The molecule has 2 unspecified atom stereocenters. The Labute approximate surface area is 96.5 Å². The summed E-state index contributed by atoms with van der Waals surface area (Å²) in [6.07, 6.45) is 11.7. The molecule has 0 aliphatic carbocycles. The minimum Gasteiger partial charge on any atom is -0.0655 e. The van der Waals surface area contributed by atoms with Gasteiger partial charge in [-0.25, -0.2) is 0 Å². The van der Waals surface area contributed by atoms with Crippen LogP contribution in [0.2, 0.25) is 10.6 Å². The summed E-state index contributed by atoms with van der Waals surface area (Å²) in [7, 11) is 2.82. The molecule has 2 rings (SSSR count). The fourth-order valence-corrected chi connectivity index (χ4v) is 4.05. The molecule has 85 valence electrons. The van der Waals surface area contributed by atoms with Crippen molar-refractivity contribution in [2.75, 3.05) is 0 Å². The van der Waals surface area contributed by atoms with Crippen LogP contribution in [0, 0.1) is 5.92 Å². The molecule has 0 aromatic heterocycles. The number of rotatable bonds is 2. The Kier molecular flexibility index (Phi) is 3.19. The summed E-state index contributed by atoms with van der Waals surface area (Å²) < 4.78 is 0. The Balaban J connectivity index is 2.24. The standard InChI is InChI=1S/C14H26B/c1-4-13-8-5-6-10-14(15-13,12(2)3)11-7-9-13/h12H,4-11H2,1-3H3. The first-order chi connectivity index (χ1) is 7.13. The normalized spacial score (nSPS) is 41.1. The summed E-state index contributed by atoms with van der Waals surface area (Å²) in [6, 6.07) is 0. The largest absolute Gasteiger partial charge is 0.126 e. The predicted molar refractivity (Wildman–Crippen MR) is 68.6 cm³/mol. The average Bonchev–Trinajstić information content (AvgIpc) is 2.37. The molecule has 2 fully saturated rings. The van der Waals surface area contributed by atoms with Gasteiger partial charge >= 0.3 is 0 Å². The fraction of sp³-hybridized carbons (Fsp3) is 1.00. The Hall–Kier alpha value is 0.0649. The highest BCUT2D eigenvalue weighted by atomic mass is 14.4. The highest BCUT2D eigenvalue weighted by Gasteiger charge is 2.47. The molecule has 15 heavy (non-hydrogen) atoms. The molecule has 0 nitrogen and oxygen atoms in total. The van der Waals surface area contributed by atoms with Crippen molar-refractivity contribution in [3.63, 3.8) is 0 Å². The second-order valence-electron chi connectivity index (χ2n) is 6.31. The van der Waals surface area contributed by atoms with E-state index in [1.54, 1.807) is 0 Å². The monoisotopic (exact) mass is 205 g/mol. The third-order valence-corrected chi connectivity index (χ3v) is 5.33. The van der Waals surface area contributed by atoms with E-state index in [1.165, 1.54) is 51.4 Å². The number of hydrogen-bond acceptors (Lipinski definition) is 0. The quantitative estimate of drug-likeness (QED) is 0.566.